The fraction of sp³-hybridized carbons (Fsp3) is 0.929. The number of aldehydes is 1. The molecule has 100 valence electrons. The summed E-state index contributed by atoms with van der Waals surface area (Å²) in [6.45, 7) is 6.39. The van der Waals surface area contributed by atoms with Crippen molar-refractivity contribution in [2.45, 2.75) is 64.6 Å². The van der Waals surface area contributed by atoms with Crippen molar-refractivity contribution in [2.24, 2.45) is 11.8 Å². The van der Waals surface area contributed by atoms with Gasteiger partial charge in [-0.3, -0.25) is 0 Å². The van der Waals surface area contributed by atoms with Crippen molar-refractivity contribution in [1.29, 1.82) is 0 Å². The summed E-state index contributed by atoms with van der Waals surface area (Å²) < 4.78 is 5.87. The van der Waals surface area contributed by atoms with Crippen molar-refractivity contribution in [1.82, 2.24) is 0 Å². The third kappa shape index (κ3) is 5.17. The average Bonchev–Trinajstić information content (AvgIpc) is 2.22. The van der Waals surface area contributed by atoms with Gasteiger partial charge in [0.25, 0.3) is 0 Å². The molecule has 0 unspecified atom stereocenters. The zero-order valence-corrected chi connectivity index (χ0v) is 11.3. The van der Waals surface area contributed by atoms with E-state index in [4.69, 9.17) is 4.74 Å². The smallest absolute Gasteiger partial charge is 0.120 e. The third-order valence-corrected chi connectivity index (χ3v) is 3.84. The molecule has 3 atom stereocenters. The normalized spacial score (nSPS) is 30.2. The number of carbonyl (C=O) groups excluding carboxylic acids is 1. The molecule has 0 heterocycles. The van der Waals surface area contributed by atoms with Crippen LogP contribution in [0.4, 0.5) is 0 Å². The first-order valence-corrected chi connectivity index (χ1v) is 6.71. The van der Waals surface area contributed by atoms with Gasteiger partial charge >= 0.3 is 0 Å². The summed E-state index contributed by atoms with van der Waals surface area (Å²) in [7, 11) is 0. The molecule has 0 aromatic carbocycles. The Hall–Kier alpha value is -0.410. The SMILES string of the molecule is C[C@@H]1[C@H](CC=O)CCC[C@@H]1OCCC(C)(C)O. The van der Waals surface area contributed by atoms with Gasteiger partial charge in [0.1, 0.15) is 6.29 Å². The van der Waals surface area contributed by atoms with Crippen LogP contribution in [0.1, 0.15) is 52.9 Å². The zero-order valence-electron chi connectivity index (χ0n) is 11.3. The average molecular weight is 242 g/mol. The number of aliphatic hydroxyl groups is 1. The maximum atomic E-state index is 10.6. The van der Waals surface area contributed by atoms with E-state index in [0.29, 0.717) is 31.3 Å². The van der Waals surface area contributed by atoms with Gasteiger partial charge in [-0.15, -0.1) is 0 Å². The molecule has 1 aliphatic rings. The highest BCUT2D eigenvalue weighted by atomic mass is 16.5. The monoisotopic (exact) mass is 242 g/mol. The summed E-state index contributed by atoms with van der Waals surface area (Å²) in [4.78, 5) is 10.6. The van der Waals surface area contributed by atoms with Crippen LogP contribution < -0.4 is 0 Å². The van der Waals surface area contributed by atoms with Crippen LogP contribution in [0, 0.1) is 11.8 Å². The quantitative estimate of drug-likeness (QED) is 0.728. The zero-order chi connectivity index (χ0) is 12.9. The molecule has 0 bridgehead atoms. The first-order chi connectivity index (χ1) is 7.94. The molecule has 0 amide bonds. The van der Waals surface area contributed by atoms with Crippen LogP contribution in [0.25, 0.3) is 0 Å². The molecule has 0 aromatic heterocycles. The minimum Gasteiger partial charge on any atom is -0.390 e. The number of hydrogen-bond donors (Lipinski definition) is 1. The van der Waals surface area contributed by atoms with E-state index >= 15 is 0 Å². The van der Waals surface area contributed by atoms with Crippen LogP contribution in [0.2, 0.25) is 0 Å². The predicted molar refractivity (Wildman–Crippen MR) is 67.8 cm³/mol. The lowest BCUT2D eigenvalue weighted by Gasteiger charge is -2.35. The second-order valence-corrected chi connectivity index (χ2v) is 5.92. The Morgan fingerprint density at radius 2 is 2.12 bits per heavy atom. The lowest BCUT2D eigenvalue weighted by Crippen LogP contribution is -2.34. The molecule has 1 saturated carbocycles. The molecule has 1 fully saturated rings. The molecule has 0 spiro atoms. The number of rotatable bonds is 6. The van der Waals surface area contributed by atoms with Gasteiger partial charge in [0.2, 0.25) is 0 Å². The number of carbonyl (C=O) groups is 1. The Morgan fingerprint density at radius 3 is 2.71 bits per heavy atom. The van der Waals surface area contributed by atoms with E-state index in [2.05, 4.69) is 6.92 Å². The van der Waals surface area contributed by atoms with Crippen LogP contribution in [0.5, 0.6) is 0 Å². The fourth-order valence-electron chi connectivity index (χ4n) is 2.56. The maximum absolute atomic E-state index is 10.6. The van der Waals surface area contributed by atoms with E-state index in [1.807, 2.05) is 0 Å². The van der Waals surface area contributed by atoms with Crippen molar-refractivity contribution in [3.05, 3.63) is 0 Å². The molecule has 1 N–H and O–H groups in total. The predicted octanol–water partition coefficient (Wildman–Crippen LogP) is 2.56. The lowest BCUT2D eigenvalue weighted by atomic mass is 9.77. The van der Waals surface area contributed by atoms with Crippen molar-refractivity contribution >= 4 is 6.29 Å². The second-order valence-electron chi connectivity index (χ2n) is 5.92. The molecule has 0 aromatic rings. The lowest BCUT2D eigenvalue weighted by molar-refractivity contribution is -0.110. The minimum absolute atomic E-state index is 0.260. The van der Waals surface area contributed by atoms with Crippen molar-refractivity contribution in [3.63, 3.8) is 0 Å². The van der Waals surface area contributed by atoms with E-state index in [1.165, 1.54) is 0 Å². The van der Waals surface area contributed by atoms with Gasteiger partial charge < -0.3 is 14.6 Å². The van der Waals surface area contributed by atoms with Crippen LogP contribution in [-0.2, 0) is 9.53 Å². The summed E-state index contributed by atoms with van der Waals surface area (Å²) >= 11 is 0. The molecular formula is C14H26O3. The van der Waals surface area contributed by atoms with Crippen molar-refractivity contribution < 1.29 is 14.6 Å². The Morgan fingerprint density at radius 1 is 1.41 bits per heavy atom. The van der Waals surface area contributed by atoms with Crippen LogP contribution in [0.15, 0.2) is 0 Å². The van der Waals surface area contributed by atoms with Crippen LogP contribution in [-0.4, -0.2) is 29.7 Å². The van der Waals surface area contributed by atoms with Gasteiger partial charge in [-0.1, -0.05) is 13.3 Å². The molecule has 1 rings (SSSR count). The molecular weight excluding hydrogens is 216 g/mol. The highest BCUT2D eigenvalue weighted by Gasteiger charge is 2.30. The van der Waals surface area contributed by atoms with E-state index in [9.17, 15) is 9.90 Å². The van der Waals surface area contributed by atoms with E-state index < -0.39 is 5.60 Å². The summed E-state index contributed by atoms with van der Waals surface area (Å²) in [5.74, 6) is 0.934. The molecule has 0 saturated heterocycles. The Labute approximate surface area is 105 Å². The van der Waals surface area contributed by atoms with Gasteiger partial charge in [0.15, 0.2) is 0 Å². The molecule has 1 aliphatic carbocycles. The van der Waals surface area contributed by atoms with E-state index in [1.54, 1.807) is 13.8 Å². The molecule has 17 heavy (non-hydrogen) atoms. The standard InChI is InChI=1S/C14H26O3/c1-11-12(7-9-15)5-4-6-13(11)17-10-8-14(2,3)16/h9,11-13,16H,4-8,10H2,1-3H3/t11-,12+,13+/m1/s1. The molecule has 0 aliphatic heterocycles. The summed E-state index contributed by atoms with van der Waals surface area (Å²) in [6, 6.07) is 0. The Kier molecular flexibility index (Phi) is 5.60. The van der Waals surface area contributed by atoms with Crippen LogP contribution in [0.3, 0.4) is 0 Å². The topological polar surface area (TPSA) is 46.5 Å². The fourth-order valence-corrected chi connectivity index (χ4v) is 2.56. The van der Waals surface area contributed by atoms with Gasteiger partial charge in [0, 0.05) is 13.0 Å². The maximum Gasteiger partial charge on any atom is 0.120 e. The minimum atomic E-state index is -0.653. The van der Waals surface area contributed by atoms with Gasteiger partial charge in [-0.25, -0.2) is 0 Å². The van der Waals surface area contributed by atoms with Crippen molar-refractivity contribution in [2.75, 3.05) is 6.61 Å². The summed E-state index contributed by atoms with van der Waals surface area (Å²) in [5.41, 5.74) is -0.653. The number of ether oxygens (including phenoxy) is 1. The highest BCUT2D eigenvalue weighted by Crippen LogP contribution is 2.33. The molecule has 3 heteroatoms. The van der Waals surface area contributed by atoms with Crippen molar-refractivity contribution in [3.8, 4) is 0 Å². The first kappa shape index (κ1) is 14.7. The highest BCUT2D eigenvalue weighted by molar-refractivity contribution is 5.49. The van der Waals surface area contributed by atoms with Gasteiger partial charge in [0.05, 0.1) is 11.7 Å². The second kappa shape index (κ2) is 6.50. The van der Waals surface area contributed by atoms with E-state index in [0.717, 1.165) is 25.5 Å². The summed E-state index contributed by atoms with van der Waals surface area (Å²) in [5, 5.41) is 9.62. The largest absolute Gasteiger partial charge is 0.390 e. The van der Waals surface area contributed by atoms with Gasteiger partial charge in [-0.05, 0) is 44.9 Å². The van der Waals surface area contributed by atoms with Crippen LogP contribution >= 0.6 is 0 Å². The number of hydrogen-bond acceptors (Lipinski definition) is 3. The summed E-state index contributed by atoms with van der Waals surface area (Å²) in [6.07, 6.45) is 5.99. The van der Waals surface area contributed by atoms with E-state index in [-0.39, 0.29) is 6.10 Å². The molecule has 0 radical (unpaired) electrons. The molecule has 3 nitrogen and oxygen atoms in total. The first-order valence-electron chi connectivity index (χ1n) is 6.71. The Bertz CT molecular complexity index is 232. The third-order valence-electron chi connectivity index (χ3n) is 3.84. The van der Waals surface area contributed by atoms with Gasteiger partial charge in [-0.2, -0.15) is 0 Å². The Balaban J connectivity index is 2.34.